The largest absolute Gasteiger partial charge is 0.461 e. The Hall–Kier alpha value is -1.36. The molecule has 1 aliphatic heterocycles. The molecule has 0 fully saturated rings. The van der Waals surface area contributed by atoms with Crippen molar-refractivity contribution in [3.05, 3.63) is 17.7 Å². The molecule has 1 N–H and O–H groups in total. The molecule has 5 nitrogen and oxygen atoms in total. The van der Waals surface area contributed by atoms with E-state index in [0.717, 1.165) is 38.3 Å². The molecule has 0 aromatic carbocycles. The van der Waals surface area contributed by atoms with Crippen molar-refractivity contribution in [1.29, 1.82) is 0 Å². The first-order valence-corrected chi connectivity index (χ1v) is 5.75. The number of nitrogens with one attached hydrogen (secondary N) is 1. The molecule has 0 atom stereocenters. The fourth-order valence-corrected chi connectivity index (χ4v) is 1.67. The number of esters is 1. The molecular weight excluding hydrogens is 206 g/mol. The van der Waals surface area contributed by atoms with Crippen molar-refractivity contribution in [1.82, 2.24) is 14.9 Å². The molecule has 88 valence electrons. The van der Waals surface area contributed by atoms with Crippen LogP contribution in [-0.2, 0) is 17.8 Å². The van der Waals surface area contributed by atoms with Crippen LogP contribution in [0.1, 0.15) is 36.1 Å². The molecule has 0 aliphatic carbocycles. The fraction of sp³-hybridized carbons (Fsp3) is 0.636. The Morgan fingerprint density at radius 2 is 2.56 bits per heavy atom. The van der Waals surface area contributed by atoms with Gasteiger partial charge in [0.05, 0.1) is 13.2 Å². The van der Waals surface area contributed by atoms with Gasteiger partial charge in [-0.25, -0.2) is 9.78 Å². The van der Waals surface area contributed by atoms with Crippen LogP contribution in [0, 0.1) is 0 Å². The lowest BCUT2D eigenvalue weighted by Crippen LogP contribution is -2.27. The maximum absolute atomic E-state index is 11.6. The molecule has 0 spiro atoms. The third-order valence-electron chi connectivity index (χ3n) is 2.61. The summed E-state index contributed by atoms with van der Waals surface area (Å²) in [5.74, 6) is 0.601. The summed E-state index contributed by atoms with van der Waals surface area (Å²) in [6.45, 7) is 5.06. The third-order valence-corrected chi connectivity index (χ3v) is 2.61. The molecule has 0 saturated carbocycles. The van der Waals surface area contributed by atoms with E-state index in [9.17, 15) is 4.79 Å². The van der Waals surface area contributed by atoms with Gasteiger partial charge in [0.25, 0.3) is 0 Å². The number of carbonyl (C=O) groups excluding carboxylic acids is 1. The average molecular weight is 223 g/mol. The highest BCUT2D eigenvalue weighted by Crippen LogP contribution is 2.08. The average Bonchev–Trinajstić information content (AvgIpc) is 2.73. The van der Waals surface area contributed by atoms with Crippen LogP contribution >= 0.6 is 0 Å². The van der Waals surface area contributed by atoms with Crippen LogP contribution in [0.2, 0.25) is 0 Å². The van der Waals surface area contributed by atoms with E-state index in [1.165, 1.54) is 0 Å². The van der Waals surface area contributed by atoms with E-state index in [1.807, 2.05) is 4.57 Å². The molecule has 0 radical (unpaired) electrons. The molecule has 1 aromatic heterocycles. The molecule has 2 rings (SSSR count). The number of aromatic nitrogens is 2. The van der Waals surface area contributed by atoms with E-state index < -0.39 is 0 Å². The maximum Gasteiger partial charge on any atom is 0.358 e. The summed E-state index contributed by atoms with van der Waals surface area (Å²) >= 11 is 0. The number of unbranched alkanes of at least 4 members (excludes halogenated alkanes) is 1. The highest BCUT2D eigenvalue weighted by atomic mass is 16.5. The highest BCUT2D eigenvalue weighted by molar-refractivity contribution is 5.87. The van der Waals surface area contributed by atoms with E-state index in [4.69, 9.17) is 4.74 Å². The number of rotatable bonds is 4. The number of ether oxygens (including phenoxy) is 1. The van der Waals surface area contributed by atoms with E-state index >= 15 is 0 Å². The van der Waals surface area contributed by atoms with E-state index in [1.54, 1.807) is 6.20 Å². The minimum Gasteiger partial charge on any atom is -0.461 e. The summed E-state index contributed by atoms with van der Waals surface area (Å²) in [5, 5.41) is 3.21. The number of nitrogens with zero attached hydrogens (tertiary/aromatic N) is 2. The van der Waals surface area contributed by atoms with Crippen LogP contribution in [0.15, 0.2) is 6.20 Å². The summed E-state index contributed by atoms with van der Waals surface area (Å²) in [6.07, 6.45) is 3.71. The monoisotopic (exact) mass is 223 g/mol. The van der Waals surface area contributed by atoms with Crippen molar-refractivity contribution >= 4 is 5.97 Å². The van der Waals surface area contributed by atoms with Gasteiger partial charge in [-0.1, -0.05) is 13.3 Å². The summed E-state index contributed by atoms with van der Waals surface area (Å²) in [5.41, 5.74) is 0.426. The van der Waals surface area contributed by atoms with Crippen LogP contribution in [-0.4, -0.2) is 28.7 Å². The minimum atomic E-state index is -0.310. The van der Waals surface area contributed by atoms with Gasteiger partial charge in [-0.05, 0) is 6.42 Å². The van der Waals surface area contributed by atoms with Gasteiger partial charge in [0.1, 0.15) is 5.82 Å². The van der Waals surface area contributed by atoms with Gasteiger partial charge in [-0.3, -0.25) is 0 Å². The van der Waals surface area contributed by atoms with Gasteiger partial charge in [0.15, 0.2) is 5.69 Å². The fourth-order valence-electron chi connectivity index (χ4n) is 1.67. The molecule has 16 heavy (non-hydrogen) atoms. The molecule has 0 unspecified atom stereocenters. The summed E-state index contributed by atoms with van der Waals surface area (Å²) < 4.78 is 7.12. The van der Waals surface area contributed by atoms with Crippen molar-refractivity contribution in [2.24, 2.45) is 0 Å². The first kappa shape index (κ1) is 11.1. The zero-order valence-electron chi connectivity index (χ0n) is 9.53. The van der Waals surface area contributed by atoms with Crippen LogP contribution < -0.4 is 5.32 Å². The van der Waals surface area contributed by atoms with Crippen LogP contribution in [0.5, 0.6) is 0 Å². The first-order valence-electron chi connectivity index (χ1n) is 5.75. The number of fused-ring (bicyclic) bond motifs is 1. The summed E-state index contributed by atoms with van der Waals surface area (Å²) in [4.78, 5) is 15.9. The topological polar surface area (TPSA) is 56.2 Å². The molecule has 0 saturated heterocycles. The first-order chi connectivity index (χ1) is 7.81. The minimum absolute atomic E-state index is 0.310. The Kier molecular flexibility index (Phi) is 3.56. The van der Waals surface area contributed by atoms with Gasteiger partial charge in [0.2, 0.25) is 0 Å². The zero-order valence-corrected chi connectivity index (χ0v) is 9.53. The molecule has 2 heterocycles. The Balaban J connectivity index is 1.98. The van der Waals surface area contributed by atoms with E-state index in [2.05, 4.69) is 17.2 Å². The van der Waals surface area contributed by atoms with E-state index in [0.29, 0.717) is 12.3 Å². The summed E-state index contributed by atoms with van der Waals surface area (Å²) in [6, 6.07) is 0. The molecule has 0 amide bonds. The second-order valence-electron chi connectivity index (χ2n) is 3.90. The van der Waals surface area contributed by atoms with Crippen LogP contribution in [0.4, 0.5) is 0 Å². The quantitative estimate of drug-likeness (QED) is 0.609. The van der Waals surface area contributed by atoms with Crippen LogP contribution in [0.25, 0.3) is 0 Å². The van der Waals surface area contributed by atoms with Gasteiger partial charge >= 0.3 is 5.97 Å². The van der Waals surface area contributed by atoms with Crippen molar-refractivity contribution in [2.75, 3.05) is 13.2 Å². The third kappa shape index (κ3) is 2.41. The maximum atomic E-state index is 11.6. The lowest BCUT2D eigenvalue weighted by molar-refractivity contribution is 0.0493. The summed E-state index contributed by atoms with van der Waals surface area (Å²) in [7, 11) is 0. The lowest BCUT2D eigenvalue weighted by Gasteiger charge is -2.13. The Labute approximate surface area is 94.8 Å². The van der Waals surface area contributed by atoms with Crippen molar-refractivity contribution in [2.45, 2.75) is 32.9 Å². The normalized spacial score (nSPS) is 14.6. The van der Waals surface area contributed by atoms with Crippen LogP contribution in [0.3, 0.4) is 0 Å². The Morgan fingerprint density at radius 1 is 1.69 bits per heavy atom. The highest BCUT2D eigenvalue weighted by Gasteiger charge is 2.17. The Morgan fingerprint density at radius 3 is 3.31 bits per heavy atom. The SMILES string of the molecule is CCCCOC(=O)c1cn2c(n1)CNCC2. The van der Waals surface area contributed by atoms with Gasteiger partial charge < -0.3 is 14.6 Å². The molecule has 1 aromatic rings. The standard InChI is InChI=1S/C11H17N3O2/c1-2-3-6-16-11(15)9-8-14-5-4-12-7-10(14)13-9/h8,12H,2-7H2,1H3. The lowest BCUT2D eigenvalue weighted by atomic mass is 10.4. The second-order valence-corrected chi connectivity index (χ2v) is 3.90. The predicted octanol–water partition coefficient (Wildman–Crippen LogP) is 0.943. The van der Waals surface area contributed by atoms with Gasteiger partial charge in [-0.15, -0.1) is 0 Å². The molecular formula is C11H17N3O2. The zero-order chi connectivity index (χ0) is 11.4. The van der Waals surface area contributed by atoms with E-state index in [-0.39, 0.29) is 5.97 Å². The van der Waals surface area contributed by atoms with Crippen molar-refractivity contribution in [3.63, 3.8) is 0 Å². The number of hydrogen-bond donors (Lipinski definition) is 1. The molecule has 1 aliphatic rings. The predicted molar refractivity (Wildman–Crippen MR) is 59.1 cm³/mol. The Bertz CT molecular complexity index is 350. The second kappa shape index (κ2) is 5.12. The number of imidazole rings is 1. The molecule has 5 heteroatoms. The number of carbonyl (C=O) groups is 1. The molecule has 0 bridgehead atoms. The van der Waals surface area contributed by atoms with Gasteiger partial charge in [0, 0.05) is 19.3 Å². The van der Waals surface area contributed by atoms with Crippen molar-refractivity contribution < 1.29 is 9.53 Å². The number of hydrogen-bond acceptors (Lipinski definition) is 4. The smallest absolute Gasteiger partial charge is 0.358 e. The van der Waals surface area contributed by atoms with Gasteiger partial charge in [-0.2, -0.15) is 0 Å². The van der Waals surface area contributed by atoms with Crippen molar-refractivity contribution in [3.8, 4) is 0 Å².